The molecule has 1 saturated carbocycles. The van der Waals surface area contributed by atoms with Gasteiger partial charge in [-0.1, -0.05) is 26.2 Å². The molecule has 3 heteroatoms. The molecule has 1 aliphatic rings. The Morgan fingerprint density at radius 3 is 2.47 bits per heavy atom. The maximum Gasteiger partial charge on any atom is 0.223 e. The van der Waals surface area contributed by atoms with Gasteiger partial charge >= 0.3 is 0 Å². The number of nitrogens with one attached hydrogen (secondary N) is 2. The van der Waals surface area contributed by atoms with Crippen LogP contribution in [0.15, 0.2) is 0 Å². The van der Waals surface area contributed by atoms with E-state index in [1.54, 1.807) is 0 Å². The lowest BCUT2D eigenvalue weighted by Gasteiger charge is -2.20. The maximum absolute atomic E-state index is 11.8. The molecule has 2 N–H and O–H groups in total. The highest BCUT2D eigenvalue weighted by Gasteiger charge is 2.20. The maximum atomic E-state index is 11.8. The highest BCUT2D eigenvalue weighted by molar-refractivity contribution is 5.78. The summed E-state index contributed by atoms with van der Waals surface area (Å²) in [6, 6.07) is 0. The third-order valence-corrected chi connectivity index (χ3v) is 3.48. The van der Waals surface area contributed by atoms with Crippen LogP contribution in [0.5, 0.6) is 0 Å². The van der Waals surface area contributed by atoms with Crippen molar-refractivity contribution in [3.63, 3.8) is 0 Å². The monoisotopic (exact) mass is 240 g/mol. The molecule has 0 atom stereocenters. The van der Waals surface area contributed by atoms with E-state index in [0.29, 0.717) is 11.8 Å². The second-order valence-electron chi connectivity index (χ2n) is 5.08. The van der Waals surface area contributed by atoms with Crippen molar-refractivity contribution in [2.75, 3.05) is 19.6 Å². The first kappa shape index (κ1) is 14.5. The van der Waals surface area contributed by atoms with Gasteiger partial charge in [0, 0.05) is 12.5 Å². The van der Waals surface area contributed by atoms with Gasteiger partial charge in [0.25, 0.3) is 0 Å². The second-order valence-corrected chi connectivity index (χ2v) is 5.08. The summed E-state index contributed by atoms with van der Waals surface area (Å²) in [5.41, 5.74) is 0. The number of hydrogen-bond acceptors (Lipinski definition) is 2. The minimum absolute atomic E-state index is 0.297. The fourth-order valence-electron chi connectivity index (χ4n) is 2.40. The Hall–Kier alpha value is -0.570. The Balaban J connectivity index is 1.92. The number of carbonyl (C=O) groups is 1. The molecule has 1 amide bonds. The molecular formula is C14H28N2O. The smallest absolute Gasteiger partial charge is 0.223 e. The predicted octanol–water partition coefficient (Wildman–Crippen LogP) is 2.46. The number of amides is 1. The molecule has 0 radical (unpaired) electrons. The summed E-state index contributed by atoms with van der Waals surface area (Å²) in [6.07, 6.45) is 9.43. The summed E-state index contributed by atoms with van der Waals surface area (Å²) in [7, 11) is 0. The molecule has 0 heterocycles. The topological polar surface area (TPSA) is 41.1 Å². The van der Waals surface area contributed by atoms with Gasteiger partial charge in [-0.25, -0.2) is 0 Å². The fourth-order valence-corrected chi connectivity index (χ4v) is 2.40. The summed E-state index contributed by atoms with van der Waals surface area (Å²) in [5.74, 6) is 0.605. The van der Waals surface area contributed by atoms with E-state index in [1.807, 2.05) is 0 Å². The molecule has 0 aliphatic heterocycles. The average molecular weight is 240 g/mol. The Bertz CT molecular complexity index is 200. The number of unbranched alkanes of at least 4 members (excludes halogenated alkanes) is 1. The summed E-state index contributed by atoms with van der Waals surface area (Å²) in [5, 5.41) is 6.45. The lowest BCUT2D eigenvalue weighted by atomic mass is 9.89. The highest BCUT2D eigenvalue weighted by atomic mass is 16.1. The standard InChI is InChI=1S/C14H28N2O/c1-2-10-15-11-6-7-12-16-14(17)13-8-4-3-5-9-13/h13,15H,2-12H2,1H3,(H,16,17). The molecule has 0 aromatic heterocycles. The SMILES string of the molecule is CCCNCCCCNC(=O)C1CCCCC1. The summed E-state index contributed by atoms with van der Waals surface area (Å²) in [6.45, 7) is 5.21. The first-order chi connectivity index (χ1) is 8.34. The molecule has 3 nitrogen and oxygen atoms in total. The van der Waals surface area contributed by atoms with Crippen LogP contribution < -0.4 is 10.6 Å². The van der Waals surface area contributed by atoms with Gasteiger partial charge < -0.3 is 10.6 Å². The molecule has 0 spiro atoms. The average Bonchev–Trinajstić information content (AvgIpc) is 2.38. The van der Waals surface area contributed by atoms with Crippen molar-refractivity contribution in [1.82, 2.24) is 10.6 Å². The first-order valence-corrected chi connectivity index (χ1v) is 7.33. The van der Waals surface area contributed by atoms with Crippen molar-refractivity contribution in [3.8, 4) is 0 Å². The Kier molecular flexibility index (Phi) is 8.06. The van der Waals surface area contributed by atoms with E-state index < -0.39 is 0 Å². The van der Waals surface area contributed by atoms with Crippen LogP contribution in [0.25, 0.3) is 0 Å². The van der Waals surface area contributed by atoms with Gasteiger partial charge in [0.1, 0.15) is 0 Å². The van der Waals surface area contributed by atoms with E-state index in [1.165, 1.54) is 25.7 Å². The van der Waals surface area contributed by atoms with Gasteiger partial charge in [-0.2, -0.15) is 0 Å². The van der Waals surface area contributed by atoms with Crippen LogP contribution in [0.2, 0.25) is 0 Å². The zero-order valence-corrected chi connectivity index (χ0v) is 11.3. The molecule has 0 bridgehead atoms. The molecule has 0 aromatic carbocycles. The van der Waals surface area contributed by atoms with Gasteiger partial charge in [-0.3, -0.25) is 4.79 Å². The minimum atomic E-state index is 0.297. The van der Waals surface area contributed by atoms with Crippen LogP contribution in [0.3, 0.4) is 0 Å². The molecular weight excluding hydrogens is 212 g/mol. The van der Waals surface area contributed by atoms with Crippen LogP contribution >= 0.6 is 0 Å². The van der Waals surface area contributed by atoms with Crippen LogP contribution in [0, 0.1) is 5.92 Å². The summed E-state index contributed by atoms with van der Waals surface area (Å²) >= 11 is 0. The summed E-state index contributed by atoms with van der Waals surface area (Å²) in [4.78, 5) is 11.8. The normalized spacial score (nSPS) is 17.0. The molecule has 100 valence electrons. The molecule has 1 fully saturated rings. The Morgan fingerprint density at radius 2 is 1.76 bits per heavy atom. The van der Waals surface area contributed by atoms with Gasteiger partial charge in [-0.15, -0.1) is 0 Å². The van der Waals surface area contributed by atoms with Crippen molar-refractivity contribution in [2.45, 2.75) is 58.3 Å². The number of carbonyl (C=O) groups excluding carboxylic acids is 1. The summed E-state index contributed by atoms with van der Waals surface area (Å²) < 4.78 is 0. The van der Waals surface area contributed by atoms with Crippen LogP contribution in [-0.4, -0.2) is 25.5 Å². The first-order valence-electron chi connectivity index (χ1n) is 7.33. The zero-order valence-electron chi connectivity index (χ0n) is 11.3. The van der Waals surface area contributed by atoms with Crippen molar-refractivity contribution < 1.29 is 4.79 Å². The molecule has 1 rings (SSSR count). The van der Waals surface area contributed by atoms with Crippen LogP contribution in [-0.2, 0) is 4.79 Å². The van der Waals surface area contributed by atoms with E-state index in [0.717, 1.165) is 45.3 Å². The van der Waals surface area contributed by atoms with Crippen molar-refractivity contribution in [2.24, 2.45) is 5.92 Å². The van der Waals surface area contributed by atoms with E-state index in [-0.39, 0.29) is 0 Å². The molecule has 0 saturated heterocycles. The number of hydrogen-bond donors (Lipinski definition) is 2. The molecule has 0 unspecified atom stereocenters. The predicted molar refractivity (Wildman–Crippen MR) is 72.0 cm³/mol. The zero-order chi connectivity index (χ0) is 12.3. The van der Waals surface area contributed by atoms with Gasteiger partial charge in [-0.05, 0) is 45.2 Å². The quantitative estimate of drug-likeness (QED) is 0.640. The lowest BCUT2D eigenvalue weighted by Crippen LogP contribution is -2.32. The van der Waals surface area contributed by atoms with Crippen molar-refractivity contribution in [3.05, 3.63) is 0 Å². The lowest BCUT2D eigenvalue weighted by molar-refractivity contribution is -0.125. The minimum Gasteiger partial charge on any atom is -0.356 e. The largest absolute Gasteiger partial charge is 0.356 e. The van der Waals surface area contributed by atoms with Gasteiger partial charge in [0.05, 0.1) is 0 Å². The van der Waals surface area contributed by atoms with E-state index in [2.05, 4.69) is 17.6 Å². The van der Waals surface area contributed by atoms with Crippen LogP contribution in [0.4, 0.5) is 0 Å². The van der Waals surface area contributed by atoms with E-state index in [9.17, 15) is 4.79 Å². The van der Waals surface area contributed by atoms with Crippen molar-refractivity contribution >= 4 is 5.91 Å². The molecule has 17 heavy (non-hydrogen) atoms. The van der Waals surface area contributed by atoms with Crippen LogP contribution in [0.1, 0.15) is 58.3 Å². The fraction of sp³-hybridized carbons (Fsp3) is 0.929. The molecule has 0 aromatic rings. The van der Waals surface area contributed by atoms with Gasteiger partial charge in [0.15, 0.2) is 0 Å². The molecule has 1 aliphatic carbocycles. The van der Waals surface area contributed by atoms with E-state index in [4.69, 9.17) is 0 Å². The van der Waals surface area contributed by atoms with E-state index >= 15 is 0 Å². The van der Waals surface area contributed by atoms with Gasteiger partial charge in [0.2, 0.25) is 5.91 Å². The second kappa shape index (κ2) is 9.46. The highest BCUT2D eigenvalue weighted by Crippen LogP contribution is 2.23. The Labute approximate surface area is 106 Å². The van der Waals surface area contributed by atoms with Crippen molar-refractivity contribution in [1.29, 1.82) is 0 Å². The third kappa shape index (κ3) is 6.67. The third-order valence-electron chi connectivity index (χ3n) is 3.48. The Morgan fingerprint density at radius 1 is 1.06 bits per heavy atom. The number of rotatable bonds is 8.